The van der Waals surface area contributed by atoms with Crippen molar-refractivity contribution >= 4 is 11.9 Å². The first kappa shape index (κ1) is 19.4. The molecule has 3 atom stereocenters. The molecule has 1 amide bonds. The van der Waals surface area contributed by atoms with Crippen molar-refractivity contribution in [3.8, 4) is 0 Å². The van der Waals surface area contributed by atoms with Crippen LogP contribution in [0.15, 0.2) is 30.3 Å². The highest BCUT2D eigenvalue weighted by atomic mass is 16.5. The first-order chi connectivity index (χ1) is 11.9. The van der Waals surface area contributed by atoms with Gasteiger partial charge in [0.25, 0.3) is 0 Å². The number of carbonyl (C=O) groups excluding carboxylic acids is 2. The van der Waals surface area contributed by atoms with Crippen LogP contribution in [0.2, 0.25) is 0 Å². The Hall–Kier alpha value is -1.96. The van der Waals surface area contributed by atoms with Crippen LogP contribution in [0.4, 0.5) is 0 Å². The Morgan fingerprint density at radius 1 is 1.36 bits per heavy atom. The maximum absolute atomic E-state index is 12.6. The van der Waals surface area contributed by atoms with Crippen molar-refractivity contribution in [2.45, 2.75) is 37.6 Å². The smallest absolute Gasteiger partial charge is 0.308 e. The van der Waals surface area contributed by atoms with Crippen molar-refractivity contribution in [2.24, 2.45) is 5.73 Å². The van der Waals surface area contributed by atoms with Gasteiger partial charge in [-0.2, -0.15) is 0 Å². The number of carbonyl (C=O) groups is 2. The molecular weight excluding hydrogens is 322 g/mol. The zero-order chi connectivity index (χ0) is 18.4. The number of benzene rings is 1. The largest absolute Gasteiger partial charge is 0.461 e. The minimum Gasteiger partial charge on any atom is -0.461 e. The van der Waals surface area contributed by atoms with E-state index < -0.39 is 18.1 Å². The summed E-state index contributed by atoms with van der Waals surface area (Å²) in [4.78, 5) is 28.0. The molecule has 0 bridgehead atoms. The molecule has 0 radical (unpaired) electrons. The first-order valence-electron chi connectivity index (χ1n) is 8.45. The minimum atomic E-state index is -0.960. The lowest BCUT2D eigenvalue weighted by Gasteiger charge is -2.28. The number of likely N-dealkylation sites (N-methyl/N-ethyl adjacent to an activating group) is 1. The number of amides is 1. The molecule has 2 rings (SSSR count). The highest BCUT2D eigenvalue weighted by molar-refractivity contribution is 5.87. The Bertz CT molecular complexity index is 579. The second kappa shape index (κ2) is 8.94. The number of nitrogens with zero attached hydrogens (tertiary/aromatic N) is 2. The Labute approximate surface area is 148 Å². The van der Waals surface area contributed by atoms with Gasteiger partial charge in [0, 0.05) is 19.1 Å². The number of likely N-dealkylation sites (tertiary alicyclic amines) is 1. The molecule has 7 nitrogen and oxygen atoms in total. The van der Waals surface area contributed by atoms with Crippen LogP contribution >= 0.6 is 0 Å². The van der Waals surface area contributed by atoms with E-state index in [2.05, 4.69) is 0 Å². The lowest BCUT2D eigenvalue weighted by Crippen LogP contribution is -2.49. The van der Waals surface area contributed by atoms with Gasteiger partial charge in [-0.05, 0) is 26.1 Å². The summed E-state index contributed by atoms with van der Waals surface area (Å²) in [6.45, 7) is 1.06. The maximum Gasteiger partial charge on any atom is 0.308 e. The SMILES string of the molecule is CN(C)CC1CC(O)CN1C(=O)[C@@H](N)CC(=O)OCc1ccccc1. The molecule has 1 saturated heterocycles. The van der Waals surface area contributed by atoms with Gasteiger partial charge in [-0.1, -0.05) is 30.3 Å². The predicted molar refractivity (Wildman–Crippen MR) is 93.5 cm³/mol. The number of nitrogens with two attached hydrogens (primary N) is 1. The Kier molecular flexibility index (Phi) is 6.92. The van der Waals surface area contributed by atoms with E-state index in [1.807, 2.05) is 49.3 Å². The van der Waals surface area contributed by atoms with Gasteiger partial charge in [0.2, 0.25) is 5.91 Å². The van der Waals surface area contributed by atoms with Crippen molar-refractivity contribution in [3.63, 3.8) is 0 Å². The third kappa shape index (κ3) is 5.81. The molecular formula is C18H27N3O4. The number of hydrogen-bond donors (Lipinski definition) is 2. The number of esters is 1. The lowest BCUT2D eigenvalue weighted by atomic mass is 10.1. The van der Waals surface area contributed by atoms with Crippen molar-refractivity contribution in [3.05, 3.63) is 35.9 Å². The molecule has 0 saturated carbocycles. The van der Waals surface area contributed by atoms with E-state index >= 15 is 0 Å². The summed E-state index contributed by atoms with van der Waals surface area (Å²) in [6, 6.07) is 8.27. The van der Waals surface area contributed by atoms with Crippen LogP contribution in [-0.2, 0) is 20.9 Å². The fourth-order valence-electron chi connectivity index (χ4n) is 3.03. The summed E-state index contributed by atoms with van der Waals surface area (Å²) in [5.74, 6) is -0.825. The van der Waals surface area contributed by atoms with E-state index in [-0.39, 0.29) is 31.5 Å². The van der Waals surface area contributed by atoms with Gasteiger partial charge in [-0.3, -0.25) is 9.59 Å². The van der Waals surface area contributed by atoms with Crippen LogP contribution in [-0.4, -0.2) is 72.2 Å². The van der Waals surface area contributed by atoms with Gasteiger partial charge in [-0.25, -0.2) is 0 Å². The van der Waals surface area contributed by atoms with E-state index in [1.165, 1.54) is 0 Å². The van der Waals surface area contributed by atoms with Gasteiger partial charge < -0.3 is 25.4 Å². The number of β-amino-alcohol motifs (C(OH)–C–C–N with tert-alkyl or cyclic N) is 1. The molecule has 1 aliphatic heterocycles. The molecule has 1 aliphatic rings. The predicted octanol–water partition coefficient (Wildman–Crippen LogP) is -0.0294. The molecule has 1 aromatic carbocycles. The normalized spacial score (nSPS) is 21.4. The van der Waals surface area contributed by atoms with Crippen molar-refractivity contribution in [1.82, 2.24) is 9.80 Å². The van der Waals surface area contributed by atoms with Crippen LogP contribution < -0.4 is 5.73 Å². The van der Waals surface area contributed by atoms with Gasteiger partial charge >= 0.3 is 5.97 Å². The maximum atomic E-state index is 12.6. The van der Waals surface area contributed by atoms with Gasteiger partial charge in [0.05, 0.1) is 18.6 Å². The van der Waals surface area contributed by atoms with Gasteiger partial charge in [0.1, 0.15) is 6.61 Å². The molecule has 1 aromatic rings. The Balaban J connectivity index is 1.85. The van der Waals surface area contributed by atoms with Crippen LogP contribution in [0.1, 0.15) is 18.4 Å². The fourth-order valence-corrected chi connectivity index (χ4v) is 3.03. The molecule has 7 heteroatoms. The standard InChI is InChI=1S/C18H27N3O4/c1-20(2)10-14-8-15(22)11-21(14)18(24)16(19)9-17(23)25-12-13-6-4-3-5-7-13/h3-7,14-16,22H,8-12,19H2,1-2H3/t14?,15?,16-/m0/s1. The van der Waals surface area contributed by atoms with E-state index in [4.69, 9.17) is 10.5 Å². The molecule has 1 fully saturated rings. The average molecular weight is 349 g/mol. The monoisotopic (exact) mass is 349 g/mol. The topological polar surface area (TPSA) is 96.1 Å². The number of rotatable bonds is 7. The summed E-state index contributed by atoms with van der Waals surface area (Å²) in [7, 11) is 3.82. The molecule has 0 aliphatic carbocycles. The second-order valence-corrected chi connectivity index (χ2v) is 6.75. The quantitative estimate of drug-likeness (QED) is 0.671. The third-order valence-corrected chi connectivity index (χ3v) is 4.20. The summed E-state index contributed by atoms with van der Waals surface area (Å²) in [5.41, 5.74) is 6.80. The summed E-state index contributed by atoms with van der Waals surface area (Å²) in [6.07, 6.45) is -0.201. The zero-order valence-corrected chi connectivity index (χ0v) is 14.8. The van der Waals surface area contributed by atoms with Crippen LogP contribution in [0.25, 0.3) is 0 Å². The molecule has 3 N–H and O–H groups in total. The second-order valence-electron chi connectivity index (χ2n) is 6.75. The van der Waals surface area contributed by atoms with Crippen LogP contribution in [0, 0.1) is 0 Å². The number of ether oxygens (including phenoxy) is 1. The van der Waals surface area contributed by atoms with Crippen LogP contribution in [0.3, 0.4) is 0 Å². The lowest BCUT2D eigenvalue weighted by molar-refractivity contribution is -0.148. The number of hydrogen-bond acceptors (Lipinski definition) is 6. The fraction of sp³-hybridized carbons (Fsp3) is 0.556. The molecule has 138 valence electrons. The third-order valence-electron chi connectivity index (χ3n) is 4.20. The molecule has 0 spiro atoms. The van der Waals surface area contributed by atoms with Crippen molar-refractivity contribution < 1.29 is 19.4 Å². The molecule has 2 unspecified atom stereocenters. The summed E-state index contributed by atoms with van der Waals surface area (Å²) >= 11 is 0. The van der Waals surface area contributed by atoms with E-state index in [1.54, 1.807) is 4.90 Å². The minimum absolute atomic E-state index is 0.0936. The summed E-state index contributed by atoms with van der Waals surface area (Å²) < 4.78 is 5.18. The average Bonchev–Trinajstić information content (AvgIpc) is 2.92. The van der Waals surface area contributed by atoms with Crippen LogP contribution in [0.5, 0.6) is 0 Å². The number of aliphatic hydroxyl groups is 1. The van der Waals surface area contributed by atoms with E-state index in [0.717, 1.165) is 5.56 Å². The Morgan fingerprint density at radius 3 is 2.68 bits per heavy atom. The van der Waals surface area contributed by atoms with Crippen molar-refractivity contribution in [1.29, 1.82) is 0 Å². The number of aliphatic hydroxyl groups excluding tert-OH is 1. The highest BCUT2D eigenvalue weighted by Crippen LogP contribution is 2.20. The molecule has 25 heavy (non-hydrogen) atoms. The Morgan fingerprint density at radius 2 is 2.04 bits per heavy atom. The first-order valence-corrected chi connectivity index (χ1v) is 8.45. The van der Waals surface area contributed by atoms with Gasteiger partial charge in [-0.15, -0.1) is 0 Å². The molecule has 1 heterocycles. The van der Waals surface area contributed by atoms with Gasteiger partial charge in [0.15, 0.2) is 0 Å². The molecule has 0 aromatic heterocycles. The summed E-state index contributed by atoms with van der Waals surface area (Å²) in [5, 5.41) is 9.86. The van der Waals surface area contributed by atoms with E-state index in [9.17, 15) is 14.7 Å². The van der Waals surface area contributed by atoms with Crippen molar-refractivity contribution in [2.75, 3.05) is 27.2 Å². The van der Waals surface area contributed by atoms with E-state index in [0.29, 0.717) is 13.0 Å². The highest BCUT2D eigenvalue weighted by Gasteiger charge is 2.37. The zero-order valence-electron chi connectivity index (χ0n) is 14.8.